The molecule has 0 saturated heterocycles. The number of hydrogen-bond donors (Lipinski definition) is 0. The molecular weight excluding hydrogens is 400 g/mol. The number of aryl methyl sites for hydroxylation is 1. The molecule has 0 bridgehead atoms. The number of carbonyl (C=O) groups is 1. The molecule has 6 heteroatoms. The number of rotatable bonds is 4. The van der Waals surface area contributed by atoms with Crippen LogP contribution in [0.2, 0.25) is 0 Å². The fraction of sp³-hybridized carbons (Fsp3) is 0.200. The van der Waals surface area contributed by atoms with Crippen LogP contribution in [0.5, 0.6) is 17.2 Å². The number of hydrogen-bond acceptors (Lipinski definition) is 5. The highest BCUT2D eigenvalue weighted by atomic mass is 79.9. The first-order valence-corrected chi connectivity index (χ1v) is 9.04. The minimum atomic E-state index is -0.278. The summed E-state index contributed by atoms with van der Waals surface area (Å²) in [4.78, 5) is 24.6. The molecule has 1 aromatic heterocycles. The average molecular weight is 415 g/mol. The molecule has 1 aliphatic carbocycles. The van der Waals surface area contributed by atoms with Gasteiger partial charge >= 0.3 is 5.97 Å². The topological polar surface area (TPSA) is 65.7 Å². The molecule has 26 heavy (non-hydrogen) atoms. The van der Waals surface area contributed by atoms with Crippen molar-refractivity contribution < 1.29 is 18.7 Å². The van der Waals surface area contributed by atoms with Crippen LogP contribution in [0.3, 0.4) is 0 Å². The van der Waals surface area contributed by atoms with Crippen molar-refractivity contribution in [3.63, 3.8) is 0 Å². The summed E-state index contributed by atoms with van der Waals surface area (Å²) < 4.78 is 17.6. The SMILES string of the molecule is Cc1oc2cc(OC(=O)C3CC3)ccc2c(=O)c1Oc1ccccc1Br. The minimum absolute atomic E-state index is 0.000429. The van der Waals surface area contributed by atoms with Crippen LogP contribution in [0.1, 0.15) is 18.6 Å². The van der Waals surface area contributed by atoms with E-state index in [4.69, 9.17) is 13.9 Å². The zero-order valence-electron chi connectivity index (χ0n) is 14.0. The molecule has 0 radical (unpaired) electrons. The third-order valence-corrected chi connectivity index (χ3v) is 4.82. The van der Waals surface area contributed by atoms with E-state index in [1.54, 1.807) is 31.2 Å². The van der Waals surface area contributed by atoms with Crippen molar-refractivity contribution in [1.29, 1.82) is 0 Å². The Morgan fingerprint density at radius 1 is 1.19 bits per heavy atom. The maximum Gasteiger partial charge on any atom is 0.314 e. The van der Waals surface area contributed by atoms with E-state index in [0.29, 0.717) is 28.2 Å². The fourth-order valence-electron chi connectivity index (χ4n) is 2.61. The van der Waals surface area contributed by atoms with E-state index in [-0.39, 0.29) is 23.1 Å². The number of ether oxygens (including phenoxy) is 2. The highest BCUT2D eigenvalue weighted by molar-refractivity contribution is 9.10. The zero-order chi connectivity index (χ0) is 18.3. The van der Waals surface area contributed by atoms with Crippen molar-refractivity contribution >= 4 is 32.9 Å². The van der Waals surface area contributed by atoms with Gasteiger partial charge in [0.2, 0.25) is 11.2 Å². The van der Waals surface area contributed by atoms with Crippen LogP contribution < -0.4 is 14.9 Å². The normalized spacial score (nSPS) is 13.6. The van der Waals surface area contributed by atoms with E-state index in [0.717, 1.165) is 17.3 Å². The number of carbonyl (C=O) groups excluding carboxylic acids is 1. The van der Waals surface area contributed by atoms with Crippen molar-refractivity contribution in [1.82, 2.24) is 0 Å². The quantitative estimate of drug-likeness (QED) is 0.445. The van der Waals surface area contributed by atoms with Crippen molar-refractivity contribution in [2.24, 2.45) is 5.92 Å². The van der Waals surface area contributed by atoms with Gasteiger partial charge in [-0.2, -0.15) is 0 Å². The predicted octanol–water partition coefficient (Wildman–Crippen LogP) is 4.97. The molecule has 0 amide bonds. The van der Waals surface area contributed by atoms with Crippen molar-refractivity contribution in [2.75, 3.05) is 0 Å². The predicted molar refractivity (Wildman–Crippen MR) is 99.8 cm³/mol. The van der Waals surface area contributed by atoms with Gasteiger partial charge in [0.25, 0.3) is 0 Å². The van der Waals surface area contributed by atoms with Gasteiger partial charge in [-0.05, 0) is 60.0 Å². The summed E-state index contributed by atoms with van der Waals surface area (Å²) in [6.45, 7) is 1.66. The maximum atomic E-state index is 12.8. The van der Waals surface area contributed by atoms with E-state index >= 15 is 0 Å². The third-order valence-electron chi connectivity index (χ3n) is 4.16. The first-order chi connectivity index (χ1) is 12.5. The molecule has 5 nitrogen and oxygen atoms in total. The maximum absolute atomic E-state index is 12.8. The van der Waals surface area contributed by atoms with Gasteiger partial charge in [0.1, 0.15) is 22.8 Å². The summed E-state index contributed by atoms with van der Waals surface area (Å²) in [6.07, 6.45) is 1.74. The van der Waals surface area contributed by atoms with E-state index in [1.165, 1.54) is 0 Å². The lowest BCUT2D eigenvalue weighted by Crippen LogP contribution is -2.10. The summed E-state index contributed by atoms with van der Waals surface area (Å²) in [7, 11) is 0. The molecule has 0 aliphatic heterocycles. The van der Waals surface area contributed by atoms with Crippen LogP contribution in [0, 0.1) is 12.8 Å². The second-order valence-corrected chi connectivity index (χ2v) is 7.06. The Bertz CT molecular complexity index is 1070. The largest absolute Gasteiger partial charge is 0.457 e. The Balaban J connectivity index is 1.71. The smallest absolute Gasteiger partial charge is 0.314 e. The van der Waals surface area contributed by atoms with Crippen LogP contribution in [-0.4, -0.2) is 5.97 Å². The molecule has 0 unspecified atom stereocenters. The van der Waals surface area contributed by atoms with Crippen LogP contribution in [-0.2, 0) is 4.79 Å². The lowest BCUT2D eigenvalue weighted by Gasteiger charge is -2.10. The van der Waals surface area contributed by atoms with Gasteiger partial charge in [0.15, 0.2) is 0 Å². The van der Waals surface area contributed by atoms with E-state index in [1.807, 2.05) is 18.2 Å². The van der Waals surface area contributed by atoms with Gasteiger partial charge < -0.3 is 13.9 Å². The number of halogens is 1. The Kier molecular flexibility index (Phi) is 4.28. The van der Waals surface area contributed by atoms with Crippen LogP contribution in [0.25, 0.3) is 11.0 Å². The standard InChI is InChI=1S/C20H15BrO5/c1-11-19(26-16-5-3-2-4-15(16)21)18(22)14-9-8-13(10-17(14)24-11)25-20(23)12-6-7-12/h2-5,8-10,12H,6-7H2,1H3. The Morgan fingerprint density at radius 3 is 2.69 bits per heavy atom. The summed E-state index contributed by atoms with van der Waals surface area (Å²) in [5, 5.41) is 0.365. The minimum Gasteiger partial charge on any atom is -0.457 e. The Morgan fingerprint density at radius 2 is 1.96 bits per heavy atom. The lowest BCUT2D eigenvalue weighted by atomic mass is 10.2. The number of para-hydroxylation sites is 1. The number of fused-ring (bicyclic) bond motifs is 1. The highest BCUT2D eigenvalue weighted by Gasteiger charge is 2.31. The van der Waals surface area contributed by atoms with Gasteiger partial charge in [-0.15, -0.1) is 0 Å². The Hall–Kier alpha value is -2.60. The average Bonchev–Trinajstić information content (AvgIpc) is 3.45. The van der Waals surface area contributed by atoms with Gasteiger partial charge in [-0.1, -0.05) is 12.1 Å². The molecule has 0 atom stereocenters. The molecule has 1 fully saturated rings. The monoisotopic (exact) mass is 414 g/mol. The lowest BCUT2D eigenvalue weighted by molar-refractivity contribution is -0.135. The summed E-state index contributed by atoms with van der Waals surface area (Å²) in [6, 6.07) is 12.0. The van der Waals surface area contributed by atoms with Crippen molar-refractivity contribution in [3.8, 4) is 17.2 Å². The van der Waals surface area contributed by atoms with Gasteiger partial charge in [-0.3, -0.25) is 9.59 Å². The zero-order valence-corrected chi connectivity index (χ0v) is 15.5. The molecule has 1 saturated carbocycles. The summed E-state index contributed by atoms with van der Waals surface area (Å²) >= 11 is 3.40. The van der Waals surface area contributed by atoms with Crippen LogP contribution in [0.15, 0.2) is 56.1 Å². The van der Waals surface area contributed by atoms with Gasteiger partial charge in [0, 0.05) is 6.07 Å². The first kappa shape index (κ1) is 16.8. The second kappa shape index (κ2) is 6.61. The second-order valence-electron chi connectivity index (χ2n) is 6.20. The Labute approximate surface area is 157 Å². The van der Waals surface area contributed by atoms with Crippen molar-refractivity contribution in [2.45, 2.75) is 19.8 Å². The molecular formula is C20H15BrO5. The van der Waals surface area contributed by atoms with E-state index in [2.05, 4.69) is 15.9 Å². The van der Waals surface area contributed by atoms with E-state index in [9.17, 15) is 9.59 Å². The van der Waals surface area contributed by atoms with Gasteiger partial charge in [0.05, 0.1) is 15.8 Å². The first-order valence-electron chi connectivity index (χ1n) is 8.24. The molecule has 0 N–H and O–H groups in total. The molecule has 1 heterocycles. The molecule has 1 aliphatic rings. The van der Waals surface area contributed by atoms with Crippen LogP contribution in [0.4, 0.5) is 0 Å². The fourth-order valence-corrected chi connectivity index (χ4v) is 2.97. The van der Waals surface area contributed by atoms with Crippen LogP contribution >= 0.6 is 15.9 Å². The van der Waals surface area contributed by atoms with Crippen molar-refractivity contribution in [3.05, 3.63) is 62.9 Å². The van der Waals surface area contributed by atoms with Gasteiger partial charge in [-0.25, -0.2) is 0 Å². The number of benzene rings is 2. The molecule has 2 aromatic carbocycles. The summed E-state index contributed by atoms with van der Waals surface area (Å²) in [5.41, 5.74) is 0.0765. The van der Waals surface area contributed by atoms with E-state index < -0.39 is 0 Å². The third kappa shape index (κ3) is 3.24. The molecule has 4 rings (SSSR count). The molecule has 3 aromatic rings. The summed E-state index contributed by atoms with van der Waals surface area (Å²) in [5.74, 6) is 1.14. The molecule has 0 spiro atoms. The molecule has 132 valence electrons. The highest BCUT2D eigenvalue weighted by Crippen LogP contribution is 2.33. The number of esters is 1.